The molecule has 5 heteroatoms. The molecular formula is C10H23ClN2O2. The third kappa shape index (κ3) is 9.97. The summed E-state index contributed by atoms with van der Waals surface area (Å²) >= 11 is 0. The normalized spacial score (nSPS) is 12.9. The van der Waals surface area contributed by atoms with Gasteiger partial charge in [-0.3, -0.25) is 4.79 Å². The molecule has 0 radical (unpaired) electrons. The lowest BCUT2D eigenvalue weighted by Crippen LogP contribution is -2.36. The van der Waals surface area contributed by atoms with Crippen molar-refractivity contribution in [2.75, 3.05) is 20.2 Å². The molecule has 4 nitrogen and oxygen atoms in total. The summed E-state index contributed by atoms with van der Waals surface area (Å²) < 4.78 is 5.02. The Morgan fingerprint density at radius 2 is 2.00 bits per heavy atom. The second kappa shape index (κ2) is 7.91. The van der Waals surface area contributed by atoms with Gasteiger partial charge in [-0.15, -0.1) is 12.4 Å². The van der Waals surface area contributed by atoms with Crippen molar-refractivity contribution in [1.29, 1.82) is 0 Å². The van der Waals surface area contributed by atoms with Crippen molar-refractivity contribution in [2.45, 2.75) is 33.3 Å². The summed E-state index contributed by atoms with van der Waals surface area (Å²) in [5.41, 5.74) is 5.52. The molecule has 0 aromatic rings. The van der Waals surface area contributed by atoms with Gasteiger partial charge in [-0.2, -0.15) is 0 Å². The van der Waals surface area contributed by atoms with Crippen LogP contribution in [0.1, 0.15) is 27.2 Å². The summed E-state index contributed by atoms with van der Waals surface area (Å²) in [4.78, 5) is 11.4. The molecule has 0 saturated carbocycles. The van der Waals surface area contributed by atoms with Crippen molar-refractivity contribution >= 4 is 18.3 Å². The first-order valence-corrected chi connectivity index (χ1v) is 4.88. The van der Waals surface area contributed by atoms with E-state index in [9.17, 15) is 4.79 Å². The number of carbonyl (C=O) groups is 1. The fraction of sp³-hybridized carbons (Fsp3) is 0.900. The summed E-state index contributed by atoms with van der Waals surface area (Å²) in [5.74, 6) is -0.00257. The average molecular weight is 239 g/mol. The summed E-state index contributed by atoms with van der Waals surface area (Å²) in [7, 11) is 1.56. The molecule has 92 valence electrons. The van der Waals surface area contributed by atoms with Crippen molar-refractivity contribution in [1.82, 2.24) is 5.32 Å². The molecule has 0 fully saturated rings. The van der Waals surface area contributed by atoms with E-state index in [2.05, 4.69) is 26.1 Å². The van der Waals surface area contributed by atoms with Crippen LogP contribution in [0.15, 0.2) is 0 Å². The molecule has 0 saturated heterocycles. The van der Waals surface area contributed by atoms with E-state index in [-0.39, 0.29) is 29.8 Å². The molecule has 0 aromatic heterocycles. The molecule has 0 bridgehead atoms. The third-order valence-corrected chi connectivity index (χ3v) is 1.83. The molecule has 3 N–H and O–H groups in total. The number of nitrogens with two attached hydrogens (primary N) is 1. The van der Waals surface area contributed by atoms with E-state index >= 15 is 0 Å². The van der Waals surface area contributed by atoms with Gasteiger partial charge < -0.3 is 15.8 Å². The van der Waals surface area contributed by atoms with Crippen LogP contribution in [0.5, 0.6) is 0 Å². The zero-order valence-electron chi connectivity index (χ0n) is 10.0. The predicted molar refractivity (Wildman–Crippen MR) is 64.2 cm³/mol. The molecule has 0 heterocycles. The number of nitrogens with one attached hydrogen (secondary N) is 1. The maximum absolute atomic E-state index is 11.4. The third-order valence-electron chi connectivity index (χ3n) is 1.83. The average Bonchev–Trinajstić information content (AvgIpc) is 2.09. The number of halogens is 1. The monoisotopic (exact) mass is 238 g/mol. The quantitative estimate of drug-likeness (QED) is 0.749. The Morgan fingerprint density at radius 1 is 1.47 bits per heavy atom. The van der Waals surface area contributed by atoms with Gasteiger partial charge in [-0.05, 0) is 5.41 Å². The van der Waals surface area contributed by atoms with Gasteiger partial charge in [0, 0.05) is 20.2 Å². The fourth-order valence-corrected chi connectivity index (χ4v) is 0.906. The first-order valence-electron chi connectivity index (χ1n) is 4.88. The van der Waals surface area contributed by atoms with Crippen molar-refractivity contribution in [3.05, 3.63) is 0 Å². The van der Waals surface area contributed by atoms with E-state index in [1.54, 1.807) is 7.11 Å². The minimum absolute atomic E-state index is 0. The van der Waals surface area contributed by atoms with Crippen molar-refractivity contribution < 1.29 is 9.53 Å². The van der Waals surface area contributed by atoms with Gasteiger partial charge in [0.25, 0.3) is 0 Å². The Morgan fingerprint density at radius 3 is 2.33 bits per heavy atom. The molecule has 15 heavy (non-hydrogen) atoms. The van der Waals surface area contributed by atoms with Crippen molar-refractivity contribution in [3.8, 4) is 0 Å². The molecule has 0 rings (SSSR count). The van der Waals surface area contributed by atoms with Crippen LogP contribution in [0.2, 0.25) is 0 Å². The highest BCUT2D eigenvalue weighted by Crippen LogP contribution is 2.10. The highest BCUT2D eigenvalue weighted by Gasteiger charge is 2.14. The number of hydrogen-bond donors (Lipinski definition) is 2. The molecule has 0 aliphatic carbocycles. The predicted octanol–water partition coefficient (Wildman–Crippen LogP) is 0.934. The standard InChI is InChI=1S/C10H22N2O2.ClH/c1-10(2,3)7-12-9(13)5-8(6-11)14-4;/h8H,5-7,11H2,1-4H3,(H,12,13);1H. The Balaban J connectivity index is 0. The Kier molecular flexibility index (Phi) is 9.01. The molecule has 0 aliphatic heterocycles. The summed E-state index contributed by atoms with van der Waals surface area (Å²) in [6.07, 6.45) is 0.165. The Hall–Kier alpha value is -0.320. The van der Waals surface area contributed by atoms with E-state index in [1.807, 2.05) is 0 Å². The van der Waals surface area contributed by atoms with E-state index in [1.165, 1.54) is 0 Å². The van der Waals surface area contributed by atoms with Crippen LogP contribution in [0.25, 0.3) is 0 Å². The van der Waals surface area contributed by atoms with E-state index < -0.39 is 0 Å². The van der Waals surface area contributed by atoms with Crippen LogP contribution in [0.3, 0.4) is 0 Å². The van der Waals surface area contributed by atoms with E-state index in [0.29, 0.717) is 19.5 Å². The SMILES string of the molecule is COC(CN)CC(=O)NCC(C)(C)C.Cl. The molecule has 0 spiro atoms. The minimum Gasteiger partial charge on any atom is -0.380 e. The van der Waals surface area contributed by atoms with E-state index in [4.69, 9.17) is 10.5 Å². The molecule has 0 aliphatic rings. The molecule has 1 atom stereocenters. The number of rotatable bonds is 5. The maximum Gasteiger partial charge on any atom is 0.222 e. The zero-order chi connectivity index (χ0) is 11.2. The van der Waals surface area contributed by atoms with Crippen molar-refractivity contribution in [2.24, 2.45) is 11.1 Å². The number of amides is 1. The van der Waals surface area contributed by atoms with Crippen LogP contribution >= 0.6 is 12.4 Å². The smallest absolute Gasteiger partial charge is 0.222 e. The lowest BCUT2D eigenvalue weighted by atomic mass is 9.97. The van der Waals surface area contributed by atoms with Crippen LogP contribution < -0.4 is 11.1 Å². The lowest BCUT2D eigenvalue weighted by molar-refractivity contribution is -0.123. The van der Waals surface area contributed by atoms with E-state index in [0.717, 1.165) is 0 Å². The Bertz CT molecular complexity index is 177. The number of carbonyl (C=O) groups excluding carboxylic acids is 1. The molecule has 0 aromatic carbocycles. The van der Waals surface area contributed by atoms with Gasteiger partial charge in [-0.1, -0.05) is 20.8 Å². The van der Waals surface area contributed by atoms with Gasteiger partial charge in [0.05, 0.1) is 12.5 Å². The van der Waals surface area contributed by atoms with Crippen molar-refractivity contribution in [3.63, 3.8) is 0 Å². The molecule has 1 amide bonds. The number of ether oxygens (including phenoxy) is 1. The van der Waals surface area contributed by atoms with Gasteiger partial charge in [0.15, 0.2) is 0 Å². The Labute approximate surface area is 98.3 Å². The highest BCUT2D eigenvalue weighted by atomic mass is 35.5. The topological polar surface area (TPSA) is 64.3 Å². The van der Waals surface area contributed by atoms with Crippen LogP contribution in [-0.4, -0.2) is 32.2 Å². The van der Waals surface area contributed by atoms with Crippen LogP contribution in [0.4, 0.5) is 0 Å². The second-order valence-corrected chi connectivity index (χ2v) is 4.63. The zero-order valence-corrected chi connectivity index (χ0v) is 10.8. The van der Waals surface area contributed by atoms with Gasteiger partial charge >= 0.3 is 0 Å². The number of hydrogen-bond acceptors (Lipinski definition) is 3. The lowest BCUT2D eigenvalue weighted by Gasteiger charge is -2.19. The molecule has 1 unspecified atom stereocenters. The van der Waals surface area contributed by atoms with Crippen LogP contribution in [0, 0.1) is 5.41 Å². The molecular weight excluding hydrogens is 216 g/mol. The first-order chi connectivity index (χ1) is 6.39. The van der Waals surface area contributed by atoms with Gasteiger partial charge in [0.1, 0.15) is 0 Å². The minimum atomic E-state index is -0.171. The van der Waals surface area contributed by atoms with Gasteiger partial charge in [0.2, 0.25) is 5.91 Å². The second-order valence-electron chi connectivity index (χ2n) is 4.63. The number of methoxy groups -OCH3 is 1. The maximum atomic E-state index is 11.4. The van der Waals surface area contributed by atoms with Crippen LogP contribution in [-0.2, 0) is 9.53 Å². The van der Waals surface area contributed by atoms with Gasteiger partial charge in [-0.25, -0.2) is 0 Å². The largest absolute Gasteiger partial charge is 0.380 e. The summed E-state index contributed by atoms with van der Waals surface area (Å²) in [6, 6.07) is 0. The summed E-state index contributed by atoms with van der Waals surface area (Å²) in [5, 5.41) is 2.85. The summed E-state index contributed by atoms with van der Waals surface area (Å²) in [6.45, 7) is 7.27. The fourth-order valence-electron chi connectivity index (χ4n) is 0.906. The first kappa shape index (κ1) is 17.1. The highest BCUT2D eigenvalue weighted by molar-refractivity contribution is 5.85.